The van der Waals surface area contributed by atoms with Gasteiger partial charge in [0.25, 0.3) is 5.91 Å². The van der Waals surface area contributed by atoms with Crippen LogP contribution in [0.5, 0.6) is 5.75 Å². The molecule has 7 rings (SSSR count). The molecule has 0 spiro atoms. The number of fused-ring (bicyclic) bond motifs is 1. The zero-order valence-electron chi connectivity index (χ0n) is 25.2. The van der Waals surface area contributed by atoms with Crippen molar-refractivity contribution in [2.24, 2.45) is 7.05 Å². The number of hydrogen-bond acceptors (Lipinski definition) is 8. The normalized spacial score (nSPS) is 11.1. The molecule has 0 unspecified atom stereocenters. The van der Waals surface area contributed by atoms with Gasteiger partial charge in [0.05, 0.1) is 55.2 Å². The molecule has 1 aromatic carbocycles. The van der Waals surface area contributed by atoms with Crippen LogP contribution < -0.4 is 10.1 Å². The summed E-state index contributed by atoms with van der Waals surface area (Å²) in [6.07, 6.45) is 10.9. The lowest BCUT2D eigenvalue weighted by Gasteiger charge is -2.10. The first-order chi connectivity index (χ1) is 22.9. The van der Waals surface area contributed by atoms with Crippen molar-refractivity contribution in [3.63, 3.8) is 0 Å². The summed E-state index contributed by atoms with van der Waals surface area (Å²) in [5.74, 6) is 0.339. The number of ether oxygens (including phenoxy) is 1. The Bertz CT molecular complexity index is 2270. The number of halogens is 1. The number of rotatable bonds is 9. The third-order valence-corrected chi connectivity index (χ3v) is 7.60. The molecule has 6 aromatic heterocycles. The van der Waals surface area contributed by atoms with Crippen LogP contribution in [0, 0.1) is 17.1 Å². The third-order valence-electron chi connectivity index (χ3n) is 7.60. The van der Waals surface area contributed by atoms with Crippen molar-refractivity contribution in [3.05, 3.63) is 120 Å². The topological polar surface area (TPSA) is 146 Å². The lowest BCUT2D eigenvalue weighted by atomic mass is 10.0. The van der Waals surface area contributed by atoms with Crippen LogP contribution in [0.2, 0.25) is 0 Å². The smallest absolute Gasteiger partial charge is 0.269 e. The quantitative estimate of drug-likeness (QED) is 0.251. The number of nitriles is 1. The Morgan fingerprint density at radius 2 is 1.79 bits per heavy atom. The van der Waals surface area contributed by atoms with Gasteiger partial charge in [0.15, 0.2) is 11.6 Å². The molecule has 6 heterocycles. The van der Waals surface area contributed by atoms with Crippen molar-refractivity contribution in [1.82, 2.24) is 49.3 Å². The van der Waals surface area contributed by atoms with Crippen molar-refractivity contribution in [1.29, 1.82) is 5.26 Å². The van der Waals surface area contributed by atoms with Crippen molar-refractivity contribution in [3.8, 4) is 40.0 Å². The average Bonchev–Trinajstić information content (AvgIpc) is 3.91. The van der Waals surface area contributed by atoms with Crippen LogP contribution in [-0.4, -0.2) is 57.0 Å². The molecule has 0 aliphatic heterocycles. The highest BCUT2D eigenvalue weighted by Crippen LogP contribution is 2.32. The molecule has 0 saturated heterocycles. The van der Waals surface area contributed by atoms with Gasteiger partial charge >= 0.3 is 0 Å². The van der Waals surface area contributed by atoms with Gasteiger partial charge in [-0.3, -0.25) is 14.2 Å². The van der Waals surface area contributed by atoms with Crippen molar-refractivity contribution in [2.75, 3.05) is 7.11 Å². The van der Waals surface area contributed by atoms with Gasteiger partial charge in [0.1, 0.15) is 17.5 Å². The van der Waals surface area contributed by atoms with E-state index in [-0.39, 0.29) is 12.5 Å². The molecule has 0 aliphatic carbocycles. The molecular formula is C33H26FN11O2. The van der Waals surface area contributed by atoms with Crippen LogP contribution in [0.25, 0.3) is 33.7 Å². The Hall–Kier alpha value is -6.62. The van der Waals surface area contributed by atoms with E-state index in [0.717, 1.165) is 28.5 Å². The first-order valence-corrected chi connectivity index (χ1v) is 14.4. The van der Waals surface area contributed by atoms with Crippen LogP contribution in [0.15, 0.2) is 91.9 Å². The second kappa shape index (κ2) is 12.1. The molecule has 1 N–H and O–H groups in total. The monoisotopic (exact) mass is 627 g/mol. The molecule has 0 fully saturated rings. The number of carbonyl (C=O) groups excluding carboxylic acids is 1. The molecule has 7 aromatic rings. The number of pyridine rings is 2. The number of hydrogen-bond donors (Lipinski definition) is 1. The lowest BCUT2D eigenvalue weighted by Crippen LogP contribution is -2.26. The Morgan fingerprint density at radius 3 is 2.47 bits per heavy atom. The van der Waals surface area contributed by atoms with Crippen LogP contribution in [-0.2, 0) is 20.1 Å². The van der Waals surface area contributed by atoms with E-state index in [1.165, 1.54) is 17.1 Å². The standard InChI is InChI=1S/C33H26FN11O2/c1-42-18-25(15-38-42)23-9-28(32-24(11-35)14-39-45(32)19-23)29-10-30(43(41-29)17-21-3-6-27(47-2)7-4-21)33(46)37-13-22-5-8-31(36-12-22)44-20-26(34)16-40-44/h3-10,12,14-16,18-20H,13,17H2,1-2H3,(H,37,46). The maximum absolute atomic E-state index is 13.7. The van der Waals surface area contributed by atoms with Gasteiger partial charge in [-0.15, -0.1) is 0 Å². The van der Waals surface area contributed by atoms with Gasteiger partial charge in [-0.2, -0.15) is 25.7 Å². The van der Waals surface area contributed by atoms with E-state index in [9.17, 15) is 14.4 Å². The van der Waals surface area contributed by atoms with E-state index in [0.29, 0.717) is 46.1 Å². The minimum absolute atomic E-state index is 0.185. The number of benzene rings is 1. The van der Waals surface area contributed by atoms with Gasteiger partial charge in [-0.05, 0) is 41.5 Å². The summed E-state index contributed by atoms with van der Waals surface area (Å²) in [6.45, 7) is 0.483. The number of aryl methyl sites for hydroxylation is 1. The number of nitrogens with zero attached hydrogens (tertiary/aromatic N) is 10. The van der Waals surface area contributed by atoms with Gasteiger partial charge in [-0.1, -0.05) is 18.2 Å². The van der Waals surface area contributed by atoms with Crippen molar-refractivity contribution < 1.29 is 13.9 Å². The molecule has 47 heavy (non-hydrogen) atoms. The average molecular weight is 628 g/mol. The van der Waals surface area contributed by atoms with Crippen LogP contribution >= 0.6 is 0 Å². The Balaban J connectivity index is 1.25. The molecule has 13 nitrogen and oxygen atoms in total. The maximum atomic E-state index is 13.7. The van der Waals surface area contributed by atoms with E-state index in [1.54, 1.807) is 51.6 Å². The minimum atomic E-state index is -0.463. The van der Waals surface area contributed by atoms with E-state index in [4.69, 9.17) is 9.84 Å². The number of nitrogens with one attached hydrogen (secondary N) is 1. The fraction of sp³-hybridized carbons (Fsp3) is 0.121. The highest BCUT2D eigenvalue weighted by atomic mass is 19.1. The summed E-state index contributed by atoms with van der Waals surface area (Å²) in [4.78, 5) is 18.1. The fourth-order valence-corrected chi connectivity index (χ4v) is 5.24. The number of methoxy groups -OCH3 is 1. The maximum Gasteiger partial charge on any atom is 0.269 e. The SMILES string of the molecule is COc1ccc(Cn2nc(-c3cc(-c4cnn(C)c4)cn4ncc(C#N)c34)cc2C(=O)NCc2ccc(-n3cc(F)cn3)nc2)cc1. The molecule has 14 heteroatoms. The van der Waals surface area contributed by atoms with Gasteiger partial charge in [-0.25, -0.2) is 18.6 Å². The molecule has 0 saturated carbocycles. The van der Waals surface area contributed by atoms with E-state index < -0.39 is 5.82 Å². The highest BCUT2D eigenvalue weighted by Gasteiger charge is 2.21. The zero-order chi connectivity index (χ0) is 32.5. The summed E-state index contributed by atoms with van der Waals surface area (Å²) in [6, 6.07) is 16.8. The van der Waals surface area contributed by atoms with Crippen LogP contribution in [0.4, 0.5) is 4.39 Å². The van der Waals surface area contributed by atoms with Gasteiger partial charge < -0.3 is 10.1 Å². The Labute approximate surface area is 267 Å². The Morgan fingerprint density at radius 1 is 0.957 bits per heavy atom. The molecule has 0 aliphatic rings. The molecule has 1 amide bonds. The highest BCUT2D eigenvalue weighted by molar-refractivity contribution is 5.95. The summed E-state index contributed by atoms with van der Waals surface area (Å²) >= 11 is 0. The van der Waals surface area contributed by atoms with E-state index >= 15 is 0 Å². The molecule has 0 atom stereocenters. The summed E-state index contributed by atoms with van der Waals surface area (Å²) in [7, 11) is 3.44. The zero-order valence-corrected chi connectivity index (χ0v) is 25.2. The van der Waals surface area contributed by atoms with Crippen molar-refractivity contribution in [2.45, 2.75) is 13.1 Å². The van der Waals surface area contributed by atoms with Gasteiger partial charge in [0, 0.05) is 48.9 Å². The summed E-state index contributed by atoms with van der Waals surface area (Å²) in [5.41, 5.74) is 5.71. The van der Waals surface area contributed by atoms with E-state index in [1.807, 2.05) is 49.8 Å². The van der Waals surface area contributed by atoms with E-state index in [2.05, 4.69) is 31.7 Å². The fourth-order valence-electron chi connectivity index (χ4n) is 5.24. The van der Waals surface area contributed by atoms with Gasteiger partial charge in [0.2, 0.25) is 0 Å². The summed E-state index contributed by atoms with van der Waals surface area (Å²) < 4.78 is 25.0. The number of carbonyl (C=O) groups is 1. The minimum Gasteiger partial charge on any atom is -0.497 e. The van der Waals surface area contributed by atoms with Crippen LogP contribution in [0.3, 0.4) is 0 Å². The van der Waals surface area contributed by atoms with Crippen molar-refractivity contribution >= 4 is 11.4 Å². The lowest BCUT2D eigenvalue weighted by molar-refractivity contribution is 0.0940. The first-order valence-electron chi connectivity index (χ1n) is 14.4. The number of aromatic nitrogens is 9. The largest absolute Gasteiger partial charge is 0.497 e. The molecular weight excluding hydrogens is 601 g/mol. The molecule has 0 radical (unpaired) electrons. The first kappa shape index (κ1) is 29.1. The number of amides is 1. The molecule has 232 valence electrons. The predicted octanol–water partition coefficient (Wildman–Crippen LogP) is 4.18. The molecule has 0 bridgehead atoms. The second-order valence-electron chi connectivity index (χ2n) is 10.7. The predicted molar refractivity (Wildman–Crippen MR) is 168 cm³/mol. The third kappa shape index (κ3) is 5.80. The second-order valence-corrected chi connectivity index (χ2v) is 10.7. The summed E-state index contributed by atoms with van der Waals surface area (Å²) in [5, 5.41) is 30.4. The van der Waals surface area contributed by atoms with Crippen LogP contribution in [0.1, 0.15) is 27.2 Å². The Kier molecular flexibility index (Phi) is 7.46.